The van der Waals surface area contributed by atoms with Crippen LogP contribution in [0.3, 0.4) is 0 Å². The SMILES string of the molecule is O=C(N[C@H](COC(=O)[C@@H](Cc1ccccc1)NC(=O)c1ccccc1O)Cc1ccccc1)c1ccccc1. The minimum atomic E-state index is -1.01. The summed E-state index contributed by atoms with van der Waals surface area (Å²) in [7, 11) is 0. The Morgan fingerprint density at radius 3 is 1.79 bits per heavy atom. The van der Waals surface area contributed by atoms with Crippen molar-refractivity contribution in [1.82, 2.24) is 10.6 Å². The number of aromatic hydroxyl groups is 1. The van der Waals surface area contributed by atoms with Crippen molar-refractivity contribution in [2.24, 2.45) is 0 Å². The molecule has 7 heteroatoms. The van der Waals surface area contributed by atoms with E-state index in [1.54, 1.807) is 36.4 Å². The molecular formula is C32H30N2O5. The monoisotopic (exact) mass is 522 g/mol. The van der Waals surface area contributed by atoms with E-state index < -0.39 is 24.0 Å². The Labute approximate surface area is 227 Å². The van der Waals surface area contributed by atoms with Crippen molar-refractivity contribution in [2.45, 2.75) is 24.9 Å². The fraction of sp³-hybridized carbons (Fsp3) is 0.156. The summed E-state index contributed by atoms with van der Waals surface area (Å²) in [6, 6.07) is 32.3. The van der Waals surface area contributed by atoms with E-state index in [1.807, 2.05) is 66.7 Å². The summed E-state index contributed by atoms with van der Waals surface area (Å²) in [5, 5.41) is 15.8. The summed E-state index contributed by atoms with van der Waals surface area (Å²) in [6.45, 7) is -0.0932. The molecule has 0 radical (unpaired) electrons. The molecule has 0 spiro atoms. The number of rotatable bonds is 11. The van der Waals surface area contributed by atoms with Crippen LogP contribution < -0.4 is 10.6 Å². The van der Waals surface area contributed by atoms with Gasteiger partial charge in [-0.15, -0.1) is 0 Å². The van der Waals surface area contributed by atoms with E-state index in [-0.39, 0.29) is 30.2 Å². The van der Waals surface area contributed by atoms with Gasteiger partial charge in [-0.1, -0.05) is 91.0 Å². The number of hydrogen-bond acceptors (Lipinski definition) is 5. The van der Waals surface area contributed by atoms with E-state index in [0.717, 1.165) is 11.1 Å². The van der Waals surface area contributed by atoms with E-state index in [2.05, 4.69) is 10.6 Å². The molecular weight excluding hydrogens is 492 g/mol. The predicted molar refractivity (Wildman–Crippen MR) is 148 cm³/mol. The number of nitrogens with one attached hydrogen (secondary N) is 2. The van der Waals surface area contributed by atoms with Crippen molar-refractivity contribution < 1.29 is 24.2 Å². The summed E-state index contributed by atoms with van der Waals surface area (Å²) in [5.74, 6) is -1.70. The molecule has 0 aliphatic heterocycles. The van der Waals surface area contributed by atoms with Crippen molar-refractivity contribution in [3.8, 4) is 5.75 Å². The Balaban J connectivity index is 1.49. The Hall–Kier alpha value is -4.91. The third kappa shape index (κ3) is 8.04. The van der Waals surface area contributed by atoms with Gasteiger partial charge < -0.3 is 20.5 Å². The van der Waals surface area contributed by atoms with E-state index in [0.29, 0.717) is 12.0 Å². The quantitative estimate of drug-likeness (QED) is 0.255. The highest BCUT2D eigenvalue weighted by Crippen LogP contribution is 2.16. The second kappa shape index (κ2) is 13.6. The van der Waals surface area contributed by atoms with Gasteiger partial charge in [-0.2, -0.15) is 0 Å². The highest BCUT2D eigenvalue weighted by molar-refractivity contribution is 5.99. The first-order chi connectivity index (χ1) is 19.0. The zero-order valence-corrected chi connectivity index (χ0v) is 21.3. The molecule has 0 aromatic heterocycles. The smallest absolute Gasteiger partial charge is 0.329 e. The van der Waals surface area contributed by atoms with Crippen LogP contribution in [0.15, 0.2) is 115 Å². The summed E-state index contributed by atoms with van der Waals surface area (Å²) >= 11 is 0. The van der Waals surface area contributed by atoms with Crippen molar-refractivity contribution in [3.63, 3.8) is 0 Å². The molecule has 0 aliphatic rings. The standard InChI is InChI=1S/C32H30N2O5/c35-29-19-11-10-18-27(29)31(37)34-28(21-24-14-6-2-7-15-24)32(38)39-22-26(20-23-12-4-1-5-13-23)33-30(36)25-16-8-3-9-17-25/h1-19,26,28,35H,20-22H2,(H,33,36)(H,34,37)/t26-,28+/m0/s1. The van der Waals surface area contributed by atoms with Gasteiger partial charge in [0, 0.05) is 12.0 Å². The van der Waals surface area contributed by atoms with Gasteiger partial charge in [-0.05, 0) is 41.8 Å². The summed E-state index contributed by atoms with van der Waals surface area (Å²) in [4.78, 5) is 39.1. The number of phenolic OH excluding ortho intramolecular Hbond substituents is 1. The highest BCUT2D eigenvalue weighted by atomic mass is 16.5. The summed E-state index contributed by atoms with van der Waals surface area (Å²) < 4.78 is 5.68. The first kappa shape index (κ1) is 27.1. The minimum Gasteiger partial charge on any atom is -0.507 e. The maximum absolute atomic E-state index is 13.3. The van der Waals surface area contributed by atoms with Gasteiger partial charge in [0.25, 0.3) is 11.8 Å². The lowest BCUT2D eigenvalue weighted by molar-refractivity contribution is -0.146. The Morgan fingerprint density at radius 2 is 1.18 bits per heavy atom. The van der Waals surface area contributed by atoms with Gasteiger partial charge in [0.2, 0.25) is 0 Å². The molecule has 4 aromatic rings. The van der Waals surface area contributed by atoms with Crippen LogP contribution >= 0.6 is 0 Å². The van der Waals surface area contributed by atoms with Gasteiger partial charge in [0.15, 0.2) is 0 Å². The fourth-order valence-corrected chi connectivity index (χ4v) is 4.14. The number of amides is 2. The van der Waals surface area contributed by atoms with Gasteiger partial charge in [0.05, 0.1) is 11.6 Å². The summed E-state index contributed by atoms with van der Waals surface area (Å²) in [6.07, 6.45) is 0.638. The van der Waals surface area contributed by atoms with Gasteiger partial charge in [0.1, 0.15) is 18.4 Å². The van der Waals surface area contributed by atoms with Crippen LogP contribution in [-0.2, 0) is 22.4 Å². The molecule has 2 atom stereocenters. The van der Waals surface area contributed by atoms with Crippen LogP contribution in [-0.4, -0.2) is 41.6 Å². The second-order valence-corrected chi connectivity index (χ2v) is 9.09. The van der Waals surface area contributed by atoms with Crippen LogP contribution in [0, 0.1) is 0 Å². The van der Waals surface area contributed by atoms with E-state index >= 15 is 0 Å². The minimum absolute atomic E-state index is 0.0560. The normalized spacial score (nSPS) is 12.1. The van der Waals surface area contributed by atoms with Crippen molar-refractivity contribution in [1.29, 1.82) is 0 Å². The maximum atomic E-state index is 13.3. The number of benzene rings is 4. The van der Waals surface area contributed by atoms with Crippen molar-refractivity contribution >= 4 is 17.8 Å². The molecule has 4 rings (SSSR count). The van der Waals surface area contributed by atoms with Crippen LogP contribution in [0.4, 0.5) is 0 Å². The Kier molecular flexibility index (Phi) is 9.45. The molecule has 7 nitrogen and oxygen atoms in total. The maximum Gasteiger partial charge on any atom is 0.329 e. The number of phenols is 1. The van der Waals surface area contributed by atoms with Crippen LogP contribution in [0.5, 0.6) is 5.75 Å². The lowest BCUT2D eigenvalue weighted by atomic mass is 10.0. The molecule has 3 N–H and O–H groups in total. The number of carbonyl (C=O) groups excluding carboxylic acids is 3. The third-order valence-electron chi connectivity index (χ3n) is 6.14. The van der Waals surface area contributed by atoms with Gasteiger partial charge >= 0.3 is 5.97 Å². The van der Waals surface area contributed by atoms with Crippen LogP contribution in [0.2, 0.25) is 0 Å². The zero-order chi connectivity index (χ0) is 27.5. The molecule has 0 saturated carbocycles. The second-order valence-electron chi connectivity index (χ2n) is 9.09. The van der Waals surface area contributed by atoms with E-state index in [1.165, 1.54) is 12.1 Å². The van der Waals surface area contributed by atoms with Crippen LogP contribution in [0.1, 0.15) is 31.8 Å². The van der Waals surface area contributed by atoms with E-state index in [9.17, 15) is 19.5 Å². The van der Waals surface area contributed by atoms with Crippen LogP contribution in [0.25, 0.3) is 0 Å². The molecule has 0 aliphatic carbocycles. The molecule has 0 unspecified atom stereocenters. The van der Waals surface area contributed by atoms with Gasteiger partial charge in [-0.3, -0.25) is 9.59 Å². The average molecular weight is 523 g/mol. The number of hydrogen-bond donors (Lipinski definition) is 3. The summed E-state index contributed by atoms with van der Waals surface area (Å²) in [5.41, 5.74) is 2.36. The fourth-order valence-electron chi connectivity index (χ4n) is 4.14. The molecule has 0 heterocycles. The lowest BCUT2D eigenvalue weighted by Crippen LogP contribution is -2.46. The van der Waals surface area contributed by atoms with E-state index in [4.69, 9.17) is 4.74 Å². The molecule has 39 heavy (non-hydrogen) atoms. The Bertz CT molecular complexity index is 1380. The van der Waals surface area contributed by atoms with Crippen molar-refractivity contribution in [2.75, 3.05) is 6.61 Å². The molecule has 0 fully saturated rings. The Morgan fingerprint density at radius 1 is 0.641 bits per heavy atom. The zero-order valence-electron chi connectivity index (χ0n) is 21.3. The number of para-hydroxylation sites is 1. The highest BCUT2D eigenvalue weighted by Gasteiger charge is 2.26. The molecule has 2 amide bonds. The third-order valence-corrected chi connectivity index (χ3v) is 6.14. The molecule has 198 valence electrons. The predicted octanol–water partition coefficient (Wildman–Crippen LogP) is 4.32. The largest absolute Gasteiger partial charge is 0.507 e. The first-order valence-corrected chi connectivity index (χ1v) is 12.7. The molecule has 0 bridgehead atoms. The van der Waals surface area contributed by atoms with Crippen molar-refractivity contribution in [3.05, 3.63) is 138 Å². The topological polar surface area (TPSA) is 105 Å². The molecule has 4 aromatic carbocycles. The lowest BCUT2D eigenvalue weighted by Gasteiger charge is -2.22. The average Bonchev–Trinajstić information content (AvgIpc) is 2.97. The first-order valence-electron chi connectivity index (χ1n) is 12.7. The number of esters is 1. The number of ether oxygens (including phenoxy) is 1. The van der Waals surface area contributed by atoms with Gasteiger partial charge in [-0.25, -0.2) is 4.79 Å². The number of carbonyl (C=O) groups is 3. The molecule has 0 saturated heterocycles.